The number of allylic oxidation sites excluding steroid dienone is 4. The van der Waals surface area contributed by atoms with Crippen LogP contribution in [0.4, 0.5) is 0 Å². The molecule has 0 amide bonds. The van der Waals surface area contributed by atoms with Crippen molar-refractivity contribution < 1.29 is 23.5 Å². The van der Waals surface area contributed by atoms with Crippen molar-refractivity contribution in [2.45, 2.75) is 53.4 Å². The van der Waals surface area contributed by atoms with Crippen molar-refractivity contribution in [2.24, 2.45) is 11.8 Å². The number of carbonyl (C=O) groups excluding carboxylic acids is 2. The zero-order valence-corrected chi connectivity index (χ0v) is 20.6. The van der Waals surface area contributed by atoms with E-state index in [9.17, 15) is 9.59 Å². The highest BCUT2D eigenvalue weighted by Crippen LogP contribution is 2.10. The molecule has 0 bridgehead atoms. The van der Waals surface area contributed by atoms with Crippen LogP contribution in [0.15, 0.2) is 48.6 Å². The Labute approximate surface area is 190 Å². The molecule has 5 nitrogen and oxygen atoms in total. The first kappa shape index (κ1) is 28.9. The van der Waals surface area contributed by atoms with E-state index in [1.165, 1.54) is 0 Å². The van der Waals surface area contributed by atoms with Crippen LogP contribution in [0, 0.1) is 11.8 Å². The lowest BCUT2D eigenvalue weighted by atomic mass is 10.1. The van der Waals surface area contributed by atoms with Gasteiger partial charge < -0.3 is 14.0 Å². The van der Waals surface area contributed by atoms with Gasteiger partial charge in [-0.1, -0.05) is 38.2 Å². The van der Waals surface area contributed by atoms with Gasteiger partial charge in [0.15, 0.2) is 13.1 Å². The quantitative estimate of drug-likeness (QED) is 0.189. The molecule has 2 atom stereocenters. The van der Waals surface area contributed by atoms with Crippen LogP contribution in [0.2, 0.25) is 0 Å². The van der Waals surface area contributed by atoms with Gasteiger partial charge in [0, 0.05) is 0 Å². The summed E-state index contributed by atoms with van der Waals surface area (Å²) in [6.07, 6.45) is 12.0. The predicted octanol–water partition coefficient (Wildman–Crippen LogP) is 5.25. The van der Waals surface area contributed by atoms with Crippen molar-refractivity contribution in [2.75, 3.05) is 40.4 Å². The lowest BCUT2D eigenvalue weighted by molar-refractivity contribution is -0.875. The molecular weight excluding hydrogens is 390 g/mol. The standard InChI is InChI=1S/C26H44NO4/c1-9-21(3)13-11-15-23(5)19-30-25(28)17-27(7,8)18-26(29)31-20-24(6)16-12-14-22(4)10-2/h9-10,15-16,21-22H,1-2,11-14,17-20H2,3-8H3/q+1. The van der Waals surface area contributed by atoms with E-state index in [1.54, 1.807) is 0 Å². The Balaban J connectivity index is 4.28. The summed E-state index contributed by atoms with van der Waals surface area (Å²) in [6, 6.07) is 0. The average Bonchev–Trinajstić information content (AvgIpc) is 2.69. The van der Waals surface area contributed by atoms with Gasteiger partial charge in [-0.3, -0.25) is 0 Å². The summed E-state index contributed by atoms with van der Waals surface area (Å²) in [5.41, 5.74) is 2.05. The van der Waals surface area contributed by atoms with Gasteiger partial charge in [-0.05, 0) is 62.5 Å². The molecule has 0 N–H and O–H groups in total. The van der Waals surface area contributed by atoms with Gasteiger partial charge in [0.25, 0.3) is 0 Å². The van der Waals surface area contributed by atoms with Gasteiger partial charge in [-0.25, -0.2) is 9.59 Å². The molecule has 5 heteroatoms. The number of rotatable bonds is 16. The maximum atomic E-state index is 12.2. The number of esters is 2. The second kappa shape index (κ2) is 15.6. The molecule has 0 aromatic heterocycles. The van der Waals surface area contributed by atoms with E-state index in [0.717, 1.165) is 36.8 Å². The van der Waals surface area contributed by atoms with Crippen molar-refractivity contribution in [1.82, 2.24) is 0 Å². The topological polar surface area (TPSA) is 52.6 Å². The number of carbonyl (C=O) groups is 2. The van der Waals surface area contributed by atoms with E-state index >= 15 is 0 Å². The second-order valence-corrected chi connectivity index (χ2v) is 9.25. The summed E-state index contributed by atoms with van der Waals surface area (Å²) < 4.78 is 10.9. The third kappa shape index (κ3) is 16.3. The van der Waals surface area contributed by atoms with Crippen LogP contribution in [0.5, 0.6) is 0 Å². The summed E-state index contributed by atoms with van der Waals surface area (Å²) >= 11 is 0. The van der Waals surface area contributed by atoms with Gasteiger partial charge in [0.2, 0.25) is 0 Å². The maximum absolute atomic E-state index is 12.2. The number of hydrogen-bond donors (Lipinski definition) is 0. The van der Waals surface area contributed by atoms with E-state index in [2.05, 4.69) is 39.2 Å². The largest absolute Gasteiger partial charge is 0.457 e. The van der Waals surface area contributed by atoms with Crippen LogP contribution in [0.3, 0.4) is 0 Å². The molecule has 0 radical (unpaired) electrons. The maximum Gasteiger partial charge on any atom is 0.362 e. The lowest BCUT2D eigenvalue weighted by Crippen LogP contribution is -2.48. The van der Waals surface area contributed by atoms with Crippen molar-refractivity contribution in [3.8, 4) is 0 Å². The summed E-state index contributed by atoms with van der Waals surface area (Å²) in [5, 5.41) is 0. The first-order valence-electron chi connectivity index (χ1n) is 11.2. The van der Waals surface area contributed by atoms with E-state index in [4.69, 9.17) is 9.47 Å². The summed E-state index contributed by atoms with van der Waals surface area (Å²) in [7, 11) is 3.64. The highest BCUT2D eigenvalue weighted by Gasteiger charge is 2.25. The number of quaternary nitrogens is 1. The van der Waals surface area contributed by atoms with Crippen molar-refractivity contribution in [3.63, 3.8) is 0 Å². The average molecular weight is 435 g/mol. The third-order valence-corrected chi connectivity index (χ3v) is 5.07. The van der Waals surface area contributed by atoms with Crippen LogP contribution in [0.25, 0.3) is 0 Å². The molecular formula is C26H44NO4+. The Morgan fingerprint density at radius 1 is 0.806 bits per heavy atom. The Hall–Kier alpha value is -2.14. The first-order valence-corrected chi connectivity index (χ1v) is 11.2. The van der Waals surface area contributed by atoms with Crippen molar-refractivity contribution in [3.05, 3.63) is 48.6 Å². The van der Waals surface area contributed by atoms with Crippen LogP contribution < -0.4 is 0 Å². The first-order chi connectivity index (χ1) is 14.5. The minimum Gasteiger partial charge on any atom is -0.457 e. The number of nitrogens with zero attached hydrogens (tertiary/aromatic N) is 1. The van der Waals surface area contributed by atoms with Gasteiger partial charge in [-0.15, -0.1) is 13.2 Å². The summed E-state index contributed by atoms with van der Waals surface area (Å²) in [5.74, 6) is 0.309. The van der Waals surface area contributed by atoms with E-state index in [1.807, 2.05) is 40.1 Å². The minimum atomic E-state index is -0.322. The van der Waals surface area contributed by atoms with Gasteiger partial charge in [0.05, 0.1) is 14.1 Å². The van der Waals surface area contributed by atoms with Crippen LogP contribution in [0.1, 0.15) is 53.4 Å². The smallest absolute Gasteiger partial charge is 0.362 e. The van der Waals surface area contributed by atoms with Gasteiger partial charge in [-0.2, -0.15) is 0 Å². The molecule has 31 heavy (non-hydrogen) atoms. The Bertz CT molecular complexity index is 592. The summed E-state index contributed by atoms with van der Waals surface area (Å²) in [4.78, 5) is 24.4. The fourth-order valence-electron chi connectivity index (χ4n) is 2.77. The van der Waals surface area contributed by atoms with E-state index in [0.29, 0.717) is 11.8 Å². The zero-order valence-electron chi connectivity index (χ0n) is 20.6. The molecule has 0 spiro atoms. The molecule has 0 saturated heterocycles. The van der Waals surface area contributed by atoms with E-state index < -0.39 is 0 Å². The normalized spacial score (nSPS) is 14.5. The monoisotopic (exact) mass is 434 g/mol. The van der Waals surface area contributed by atoms with Gasteiger partial charge >= 0.3 is 11.9 Å². The Kier molecular flexibility index (Phi) is 14.6. The molecule has 0 aliphatic rings. The second-order valence-electron chi connectivity index (χ2n) is 9.25. The van der Waals surface area contributed by atoms with Crippen LogP contribution in [-0.4, -0.2) is 56.8 Å². The van der Waals surface area contributed by atoms with Gasteiger partial charge in [0.1, 0.15) is 13.2 Å². The van der Waals surface area contributed by atoms with Crippen molar-refractivity contribution in [1.29, 1.82) is 0 Å². The molecule has 2 unspecified atom stereocenters. The molecule has 0 heterocycles. The van der Waals surface area contributed by atoms with E-state index in [-0.39, 0.29) is 42.7 Å². The molecule has 0 aromatic carbocycles. The van der Waals surface area contributed by atoms with Crippen molar-refractivity contribution >= 4 is 11.9 Å². The molecule has 0 aromatic rings. The Morgan fingerprint density at radius 3 is 1.48 bits per heavy atom. The SMILES string of the molecule is C=CC(C)CCC=C(C)COC(=O)C[N+](C)(C)CC(=O)OCC(C)=CCCC(C)C=C. The predicted molar refractivity (Wildman–Crippen MR) is 128 cm³/mol. The summed E-state index contributed by atoms with van der Waals surface area (Å²) in [6.45, 7) is 16.5. The fraction of sp³-hybridized carbons (Fsp3) is 0.615. The van der Waals surface area contributed by atoms with Crippen LogP contribution in [-0.2, 0) is 19.1 Å². The highest BCUT2D eigenvalue weighted by atomic mass is 16.5. The molecule has 0 fully saturated rings. The zero-order chi connectivity index (χ0) is 23.9. The number of likely N-dealkylation sites (N-methyl/N-ethyl adjacent to an activating group) is 1. The minimum absolute atomic E-state index is 0.115. The lowest BCUT2D eigenvalue weighted by Gasteiger charge is -2.27. The number of ether oxygens (including phenoxy) is 2. The molecule has 0 aliphatic heterocycles. The number of hydrogen-bond acceptors (Lipinski definition) is 4. The molecule has 0 rings (SSSR count). The molecule has 0 aliphatic carbocycles. The molecule has 0 saturated carbocycles. The fourth-order valence-corrected chi connectivity index (χ4v) is 2.77. The highest BCUT2D eigenvalue weighted by molar-refractivity contribution is 5.73. The Morgan fingerprint density at radius 2 is 1.16 bits per heavy atom. The van der Waals surface area contributed by atoms with Crippen LogP contribution >= 0.6 is 0 Å². The molecule has 176 valence electrons. The third-order valence-electron chi connectivity index (χ3n) is 5.07.